The van der Waals surface area contributed by atoms with E-state index in [1.54, 1.807) is 48.8 Å². The van der Waals surface area contributed by atoms with Crippen LogP contribution in [0.15, 0.2) is 48.8 Å². The largest absolute Gasteiger partial charge is 0.480 e. The Bertz CT molecular complexity index is 1470. The third-order valence-electron chi connectivity index (χ3n) is 5.93. The molecule has 0 saturated carbocycles. The van der Waals surface area contributed by atoms with Crippen LogP contribution < -0.4 is 22.5 Å². The van der Waals surface area contributed by atoms with Crippen molar-refractivity contribution in [2.45, 2.75) is 24.9 Å². The minimum absolute atomic E-state index is 0.0467. The first-order chi connectivity index (χ1) is 16.7. The monoisotopic (exact) mass is 476 g/mol. The fraction of sp³-hybridized carbons (Fsp3) is 0.167. The summed E-state index contributed by atoms with van der Waals surface area (Å²) in [7, 11) is 0. The molecule has 0 spiro atoms. The van der Waals surface area contributed by atoms with Gasteiger partial charge in [0.1, 0.15) is 6.04 Å². The van der Waals surface area contributed by atoms with E-state index in [4.69, 9.17) is 17.2 Å². The molecule has 11 heteroatoms. The molecule has 4 aromatic rings. The number of aromatic nitrogens is 2. The van der Waals surface area contributed by atoms with Crippen LogP contribution in [-0.4, -0.2) is 50.8 Å². The Balaban J connectivity index is 1.52. The molecule has 4 rings (SSSR count). The first-order valence-electron chi connectivity index (χ1n) is 10.7. The van der Waals surface area contributed by atoms with Crippen molar-refractivity contribution in [1.82, 2.24) is 15.3 Å². The number of fused-ring (bicyclic) bond motifs is 2. The van der Waals surface area contributed by atoms with Crippen molar-refractivity contribution >= 4 is 45.5 Å². The standard InChI is InChI=1S/C24H24N6O5/c25-16(7-12-10-28-17-6-2-4-14(19(12)17)21(26)31)23(33)30-18(24(34)35)8-11-9-29-20-13(11)3-1-5-15(20)22(27)32/h1-6,9-10,16,18,28-29H,7-8,25H2,(H2,26,31)(H2,27,32)(H,30,33)(H,34,35). The lowest BCUT2D eigenvalue weighted by molar-refractivity contribution is -0.141. The van der Waals surface area contributed by atoms with E-state index in [1.807, 2.05) is 0 Å². The van der Waals surface area contributed by atoms with Crippen molar-refractivity contribution in [3.05, 3.63) is 71.0 Å². The Hall–Kier alpha value is -4.64. The zero-order chi connectivity index (χ0) is 25.3. The molecule has 180 valence electrons. The lowest BCUT2D eigenvalue weighted by atomic mass is 9.99. The second-order valence-corrected chi connectivity index (χ2v) is 8.23. The molecule has 11 nitrogen and oxygen atoms in total. The van der Waals surface area contributed by atoms with Gasteiger partial charge in [-0.15, -0.1) is 0 Å². The van der Waals surface area contributed by atoms with Crippen LogP contribution in [0.25, 0.3) is 21.8 Å². The highest BCUT2D eigenvalue weighted by Gasteiger charge is 2.26. The molecule has 35 heavy (non-hydrogen) atoms. The Morgan fingerprint density at radius 3 is 2.23 bits per heavy atom. The maximum atomic E-state index is 12.8. The fourth-order valence-electron chi connectivity index (χ4n) is 4.24. The Morgan fingerprint density at radius 1 is 0.886 bits per heavy atom. The Kier molecular flexibility index (Phi) is 6.26. The SMILES string of the molecule is NC(=O)c1cccc2c(CC(NC(=O)C(N)Cc3c[nH]c4cccc(C(N)=O)c34)C(=O)O)c[nH]c12. The summed E-state index contributed by atoms with van der Waals surface area (Å²) >= 11 is 0. The molecule has 2 aromatic heterocycles. The van der Waals surface area contributed by atoms with E-state index in [2.05, 4.69) is 15.3 Å². The second kappa shape index (κ2) is 9.31. The van der Waals surface area contributed by atoms with E-state index in [0.29, 0.717) is 38.5 Å². The topological polar surface area (TPSA) is 210 Å². The molecule has 0 aliphatic carbocycles. The van der Waals surface area contributed by atoms with Crippen LogP contribution in [0.4, 0.5) is 0 Å². The molecule has 0 aliphatic heterocycles. The number of benzene rings is 2. The maximum absolute atomic E-state index is 12.8. The average Bonchev–Trinajstić information content (AvgIpc) is 3.42. The van der Waals surface area contributed by atoms with Crippen LogP contribution in [0.5, 0.6) is 0 Å². The van der Waals surface area contributed by atoms with Crippen molar-refractivity contribution in [2.24, 2.45) is 17.2 Å². The third kappa shape index (κ3) is 4.57. The van der Waals surface area contributed by atoms with Gasteiger partial charge >= 0.3 is 5.97 Å². The van der Waals surface area contributed by atoms with Crippen LogP contribution in [0.1, 0.15) is 31.8 Å². The van der Waals surface area contributed by atoms with Crippen molar-refractivity contribution in [1.29, 1.82) is 0 Å². The summed E-state index contributed by atoms with van der Waals surface area (Å²) in [4.78, 5) is 54.1. The Morgan fingerprint density at radius 2 is 1.54 bits per heavy atom. The molecule has 2 atom stereocenters. The van der Waals surface area contributed by atoms with E-state index in [1.165, 1.54) is 0 Å². The number of carboxylic acids is 1. The molecule has 0 aliphatic rings. The first kappa shape index (κ1) is 23.5. The summed E-state index contributed by atoms with van der Waals surface area (Å²) in [5.41, 5.74) is 19.9. The number of para-hydroxylation sites is 1. The zero-order valence-corrected chi connectivity index (χ0v) is 18.5. The van der Waals surface area contributed by atoms with E-state index < -0.39 is 35.8 Å². The number of H-pyrrole nitrogens is 2. The van der Waals surface area contributed by atoms with Gasteiger partial charge < -0.3 is 37.6 Å². The number of amides is 3. The number of primary amides is 2. The highest BCUT2D eigenvalue weighted by molar-refractivity contribution is 6.07. The third-order valence-corrected chi connectivity index (χ3v) is 5.93. The van der Waals surface area contributed by atoms with E-state index in [9.17, 15) is 24.3 Å². The number of aromatic amines is 2. The molecule has 0 fully saturated rings. The summed E-state index contributed by atoms with van der Waals surface area (Å²) < 4.78 is 0. The minimum atomic E-state index is -1.27. The van der Waals surface area contributed by atoms with Crippen molar-refractivity contribution in [3.63, 3.8) is 0 Å². The van der Waals surface area contributed by atoms with Gasteiger partial charge in [-0.2, -0.15) is 0 Å². The number of aliphatic carboxylic acids is 1. The highest BCUT2D eigenvalue weighted by atomic mass is 16.4. The lowest BCUT2D eigenvalue weighted by Gasteiger charge is -2.18. The van der Waals surface area contributed by atoms with Crippen LogP contribution in [-0.2, 0) is 22.4 Å². The highest BCUT2D eigenvalue weighted by Crippen LogP contribution is 2.24. The van der Waals surface area contributed by atoms with Crippen molar-refractivity contribution in [2.75, 3.05) is 0 Å². The molecule has 0 radical (unpaired) electrons. The molecule has 0 bridgehead atoms. The smallest absolute Gasteiger partial charge is 0.326 e. The second-order valence-electron chi connectivity index (χ2n) is 8.23. The van der Waals surface area contributed by atoms with Gasteiger partial charge in [0.25, 0.3) is 5.91 Å². The van der Waals surface area contributed by atoms with E-state index in [0.717, 1.165) is 0 Å². The molecule has 10 N–H and O–H groups in total. The van der Waals surface area contributed by atoms with Gasteiger partial charge in [0.15, 0.2) is 0 Å². The zero-order valence-electron chi connectivity index (χ0n) is 18.5. The summed E-state index contributed by atoms with van der Waals surface area (Å²) in [6, 6.07) is 7.62. The summed E-state index contributed by atoms with van der Waals surface area (Å²) in [6.45, 7) is 0. The molecule has 2 unspecified atom stereocenters. The normalized spacial score (nSPS) is 12.9. The van der Waals surface area contributed by atoms with Crippen LogP contribution in [0, 0.1) is 0 Å². The van der Waals surface area contributed by atoms with Gasteiger partial charge in [-0.25, -0.2) is 4.79 Å². The number of nitrogens with two attached hydrogens (primary N) is 3. The number of nitrogens with one attached hydrogen (secondary N) is 3. The van der Waals surface area contributed by atoms with Crippen LogP contribution in [0.2, 0.25) is 0 Å². The molecular weight excluding hydrogens is 452 g/mol. The molecule has 0 saturated heterocycles. The van der Waals surface area contributed by atoms with Gasteiger partial charge in [0.2, 0.25) is 11.8 Å². The predicted octanol–water partition coefficient (Wildman–Crippen LogP) is 0.529. The lowest BCUT2D eigenvalue weighted by Crippen LogP contribution is -2.50. The number of carboxylic acid groups (broad SMARTS) is 1. The molecular formula is C24H24N6O5. The predicted molar refractivity (Wildman–Crippen MR) is 129 cm³/mol. The van der Waals surface area contributed by atoms with E-state index in [-0.39, 0.29) is 18.4 Å². The summed E-state index contributed by atoms with van der Waals surface area (Å²) in [6.07, 6.45) is 3.23. The van der Waals surface area contributed by atoms with Crippen molar-refractivity contribution in [3.8, 4) is 0 Å². The van der Waals surface area contributed by atoms with Gasteiger partial charge in [0, 0.05) is 40.7 Å². The van der Waals surface area contributed by atoms with Crippen LogP contribution in [0.3, 0.4) is 0 Å². The fourth-order valence-corrected chi connectivity index (χ4v) is 4.24. The summed E-state index contributed by atoms with van der Waals surface area (Å²) in [5.74, 6) is -3.14. The van der Waals surface area contributed by atoms with Crippen LogP contribution >= 0.6 is 0 Å². The number of hydrogen-bond acceptors (Lipinski definition) is 5. The van der Waals surface area contributed by atoms with Gasteiger partial charge in [0.05, 0.1) is 17.1 Å². The first-order valence-corrected chi connectivity index (χ1v) is 10.7. The minimum Gasteiger partial charge on any atom is -0.480 e. The van der Waals surface area contributed by atoms with Gasteiger partial charge in [-0.05, 0) is 35.7 Å². The number of carbonyl (C=O) groups is 4. The maximum Gasteiger partial charge on any atom is 0.326 e. The average molecular weight is 476 g/mol. The van der Waals surface area contributed by atoms with E-state index >= 15 is 0 Å². The number of hydrogen-bond donors (Lipinski definition) is 7. The molecule has 3 amide bonds. The van der Waals surface area contributed by atoms with Gasteiger partial charge in [-0.1, -0.05) is 18.2 Å². The van der Waals surface area contributed by atoms with Gasteiger partial charge in [-0.3, -0.25) is 14.4 Å². The number of rotatable bonds is 9. The quantitative estimate of drug-likeness (QED) is 0.183. The number of carbonyl (C=O) groups excluding carboxylic acids is 3. The van der Waals surface area contributed by atoms with Crippen molar-refractivity contribution < 1.29 is 24.3 Å². The molecule has 2 aromatic carbocycles. The molecule has 2 heterocycles. The summed E-state index contributed by atoms with van der Waals surface area (Å²) in [5, 5.41) is 13.4. The Labute approximate surface area is 198 Å².